The van der Waals surface area contributed by atoms with Crippen molar-refractivity contribution in [3.8, 4) is 5.75 Å². The number of hydrogen-bond acceptors (Lipinski definition) is 4. The van der Waals surface area contributed by atoms with E-state index in [0.717, 1.165) is 31.7 Å². The lowest BCUT2D eigenvalue weighted by Crippen LogP contribution is -2.34. The van der Waals surface area contributed by atoms with E-state index in [-0.39, 0.29) is 6.10 Å². The van der Waals surface area contributed by atoms with Gasteiger partial charge in [-0.05, 0) is 44.1 Å². The van der Waals surface area contributed by atoms with Crippen molar-refractivity contribution in [2.45, 2.75) is 18.9 Å². The molecule has 86 valence electrons. The highest BCUT2D eigenvalue weighted by Gasteiger charge is 2.14. The summed E-state index contributed by atoms with van der Waals surface area (Å²) in [6.45, 7) is 2.02. The first-order valence-electron chi connectivity index (χ1n) is 5.57. The van der Waals surface area contributed by atoms with Gasteiger partial charge in [-0.1, -0.05) is 0 Å². The Balaban J connectivity index is 2.05. The maximum Gasteiger partial charge on any atom is 0.120 e. The Morgan fingerprint density at radius 1 is 1.38 bits per heavy atom. The zero-order valence-electron chi connectivity index (χ0n) is 9.20. The molecule has 0 aromatic heterocycles. The lowest BCUT2D eigenvalue weighted by molar-refractivity contribution is 0.162. The van der Waals surface area contributed by atoms with Gasteiger partial charge in [0.2, 0.25) is 0 Å². The summed E-state index contributed by atoms with van der Waals surface area (Å²) < 4.78 is 5.85. The van der Waals surface area contributed by atoms with Crippen LogP contribution >= 0.6 is 0 Å². The van der Waals surface area contributed by atoms with Gasteiger partial charge in [0.1, 0.15) is 11.9 Å². The number of nitrogen functional groups attached to an aromatic ring is 1. The van der Waals surface area contributed by atoms with Crippen LogP contribution in [0.1, 0.15) is 18.4 Å². The van der Waals surface area contributed by atoms with Crippen molar-refractivity contribution in [3.05, 3.63) is 23.8 Å². The largest absolute Gasteiger partial charge is 0.490 e. The van der Waals surface area contributed by atoms with Crippen LogP contribution in [0.15, 0.2) is 18.2 Å². The third-order valence-corrected chi connectivity index (χ3v) is 2.80. The van der Waals surface area contributed by atoms with E-state index in [4.69, 9.17) is 15.9 Å². The van der Waals surface area contributed by atoms with Gasteiger partial charge in [-0.25, -0.2) is 0 Å². The van der Waals surface area contributed by atoms with Crippen LogP contribution in [0.3, 0.4) is 0 Å². The third kappa shape index (κ3) is 2.52. The predicted octanol–water partition coefficient (Wildman–Crippen LogP) is 1.40. The average Bonchev–Trinajstić information content (AvgIpc) is 2.33. The van der Waals surface area contributed by atoms with Crippen LogP contribution < -0.4 is 15.8 Å². The molecule has 1 aliphatic rings. The molecule has 16 heavy (non-hydrogen) atoms. The molecule has 4 heteroatoms. The third-order valence-electron chi connectivity index (χ3n) is 2.80. The summed E-state index contributed by atoms with van der Waals surface area (Å²) in [5, 5.41) is 10.5. The second-order valence-electron chi connectivity index (χ2n) is 4.00. The molecule has 4 nitrogen and oxygen atoms in total. The van der Waals surface area contributed by atoms with Gasteiger partial charge in [-0.3, -0.25) is 0 Å². The van der Waals surface area contributed by atoms with E-state index < -0.39 is 0 Å². The second-order valence-corrected chi connectivity index (χ2v) is 4.00. The summed E-state index contributed by atoms with van der Waals surface area (Å²) in [6, 6.07) is 5.48. The van der Waals surface area contributed by atoms with Gasteiger partial charge in [0.15, 0.2) is 0 Å². The summed E-state index contributed by atoms with van der Waals surface area (Å²) >= 11 is 0. The molecule has 2 rings (SSSR count). The van der Waals surface area contributed by atoms with Crippen molar-refractivity contribution in [3.63, 3.8) is 0 Å². The molecule has 1 saturated heterocycles. The Kier molecular flexibility index (Phi) is 3.41. The first-order chi connectivity index (χ1) is 7.79. The topological polar surface area (TPSA) is 71.1 Å². The number of piperidine rings is 1. The van der Waals surface area contributed by atoms with E-state index in [9.17, 15) is 0 Å². The minimum Gasteiger partial charge on any atom is -0.490 e. The predicted molar refractivity (Wildman–Crippen MR) is 65.3 cm³/mol. The summed E-state index contributed by atoms with van der Waals surface area (Å²) in [4.78, 5) is 0. The highest BCUT2D eigenvalue weighted by atomic mass is 16.5. The highest BCUT2D eigenvalue weighted by molar-refractivity contribution is 5.85. The maximum absolute atomic E-state index is 7.23. The number of rotatable bonds is 3. The van der Waals surface area contributed by atoms with Gasteiger partial charge >= 0.3 is 0 Å². The Hall–Kier alpha value is -1.55. The smallest absolute Gasteiger partial charge is 0.120 e. The van der Waals surface area contributed by atoms with Crippen LogP contribution in [0.25, 0.3) is 0 Å². The standard InChI is InChI=1S/C12H17N3O/c13-8-9-7-11(1-2-12(9)14)16-10-3-5-15-6-4-10/h1-2,7-8,10,13,15H,3-6,14H2. The van der Waals surface area contributed by atoms with Crippen LogP contribution in [0.2, 0.25) is 0 Å². The summed E-state index contributed by atoms with van der Waals surface area (Å²) in [5.41, 5.74) is 7.05. The molecule has 0 spiro atoms. The Bertz CT molecular complexity index is 373. The molecule has 1 heterocycles. The second kappa shape index (κ2) is 4.99. The van der Waals surface area contributed by atoms with Crippen molar-refractivity contribution < 1.29 is 4.74 Å². The molecule has 0 unspecified atom stereocenters. The average molecular weight is 219 g/mol. The Labute approximate surface area is 95.3 Å². The van der Waals surface area contributed by atoms with Gasteiger partial charge in [-0.2, -0.15) is 0 Å². The fourth-order valence-corrected chi connectivity index (χ4v) is 1.86. The molecule has 1 aliphatic heterocycles. The molecular formula is C12H17N3O. The van der Waals surface area contributed by atoms with Crippen molar-refractivity contribution in [1.82, 2.24) is 5.32 Å². The van der Waals surface area contributed by atoms with Gasteiger partial charge in [0.25, 0.3) is 0 Å². The molecular weight excluding hydrogens is 202 g/mol. The molecule has 0 radical (unpaired) electrons. The monoisotopic (exact) mass is 219 g/mol. The van der Waals surface area contributed by atoms with E-state index in [2.05, 4.69) is 5.32 Å². The minimum absolute atomic E-state index is 0.281. The Morgan fingerprint density at radius 3 is 2.81 bits per heavy atom. The van der Waals surface area contributed by atoms with Crippen LogP contribution in [-0.2, 0) is 0 Å². The molecule has 1 aromatic carbocycles. The van der Waals surface area contributed by atoms with E-state index in [1.165, 1.54) is 6.21 Å². The lowest BCUT2D eigenvalue weighted by Gasteiger charge is -2.24. The van der Waals surface area contributed by atoms with Gasteiger partial charge < -0.3 is 21.2 Å². The minimum atomic E-state index is 0.281. The zero-order chi connectivity index (χ0) is 11.4. The van der Waals surface area contributed by atoms with Crippen LogP contribution in [0.4, 0.5) is 5.69 Å². The quantitative estimate of drug-likeness (QED) is 0.531. The van der Waals surface area contributed by atoms with Crippen LogP contribution in [0.5, 0.6) is 5.75 Å². The number of nitrogens with two attached hydrogens (primary N) is 1. The van der Waals surface area contributed by atoms with Crippen LogP contribution in [-0.4, -0.2) is 25.4 Å². The lowest BCUT2D eigenvalue weighted by atomic mass is 10.1. The van der Waals surface area contributed by atoms with E-state index in [1.807, 2.05) is 12.1 Å². The van der Waals surface area contributed by atoms with Gasteiger partial charge in [-0.15, -0.1) is 0 Å². The van der Waals surface area contributed by atoms with Gasteiger partial charge in [0, 0.05) is 17.5 Å². The normalized spacial score (nSPS) is 17.0. The number of anilines is 1. The van der Waals surface area contributed by atoms with Crippen molar-refractivity contribution in [2.24, 2.45) is 0 Å². The summed E-state index contributed by atoms with van der Waals surface area (Å²) in [7, 11) is 0. The maximum atomic E-state index is 7.23. The summed E-state index contributed by atoms with van der Waals surface area (Å²) in [6.07, 6.45) is 3.60. The van der Waals surface area contributed by atoms with Gasteiger partial charge in [0.05, 0.1) is 0 Å². The highest BCUT2D eigenvalue weighted by Crippen LogP contribution is 2.21. The first-order valence-corrected chi connectivity index (χ1v) is 5.57. The van der Waals surface area contributed by atoms with E-state index in [1.54, 1.807) is 6.07 Å². The molecule has 1 aromatic rings. The molecule has 0 amide bonds. The Morgan fingerprint density at radius 2 is 2.12 bits per heavy atom. The van der Waals surface area contributed by atoms with Crippen molar-refractivity contribution in [2.75, 3.05) is 18.8 Å². The summed E-state index contributed by atoms with van der Waals surface area (Å²) in [5.74, 6) is 0.805. The number of hydrogen-bond donors (Lipinski definition) is 3. The van der Waals surface area contributed by atoms with E-state index in [0.29, 0.717) is 11.3 Å². The zero-order valence-corrected chi connectivity index (χ0v) is 9.20. The fourth-order valence-electron chi connectivity index (χ4n) is 1.86. The SMILES string of the molecule is N=Cc1cc(OC2CCNCC2)ccc1N. The molecule has 0 saturated carbocycles. The number of benzene rings is 1. The van der Waals surface area contributed by atoms with Crippen molar-refractivity contribution >= 4 is 11.9 Å². The first kappa shape index (κ1) is 11.0. The fraction of sp³-hybridized carbons (Fsp3) is 0.417. The van der Waals surface area contributed by atoms with E-state index >= 15 is 0 Å². The molecule has 0 atom stereocenters. The molecule has 0 aliphatic carbocycles. The van der Waals surface area contributed by atoms with Crippen molar-refractivity contribution in [1.29, 1.82) is 5.41 Å². The molecule has 0 bridgehead atoms. The van der Waals surface area contributed by atoms with Crippen LogP contribution in [0, 0.1) is 5.41 Å². The number of ether oxygens (including phenoxy) is 1. The number of nitrogens with one attached hydrogen (secondary N) is 2. The molecule has 4 N–H and O–H groups in total. The molecule has 1 fully saturated rings.